The van der Waals surface area contributed by atoms with E-state index in [2.05, 4.69) is 0 Å². The highest BCUT2D eigenvalue weighted by Gasteiger charge is 2.30. The number of sulfonamides is 1. The molecule has 26 heavy (non-hydrogen) atoms. The van der Waals surface area contributed by atoms with Gasteiger partial charge in [-0.05, 0) is 43.4 Å². The predicted octanol–water partition coefficient (Wildman–Crippen LogP) is 0.502. The second-order valence-electron chi connectivity index (χ2n) is 6.38. The second-order valence-corrected chi connectivity index (χ2v) is 8.68. The Bertz CT molecular complexity index is 895. The molecule has 0 bridgehead atoms. The highest BCUT2D eigenvalue weighted by atomic mass is 32.2. The molecule has 0 atom stereocenters. The summed E-state index contributed by atoms with van der Waals surface area (Å²) in [6, 6.07) is 6.63. The monoisotopic (exact) mass is 397 g/mol. The zero-order valence-electron chi connectivity index (χ0n) is 15.1. The van der Waals surface area contributed by atoms with Crippen LogP contribution in [0.15, 0.2) is 41.6 Å². The number of aryl methyl sites for hydroxylation is 1. The minimum Gasteiger partial charge on any atom is -0.494 e. The number of hydrogen-bond acceptors (Lipinski definition) is 4. The van der Waals surface area contributed by atoms with Gasteiger partial charge in [0.15, 0.2) is 11.4 Å². The third kappa shape index (κ3) is 4.01. The van der Waals surface area contributed by atoms with E-state index >= 15 is 0 Å². The maximum Gasteiger partial charge on any atom is 0.243 e. The second kappa shape index (κ2) is 7.91. The Labute approximate surface area is 159 Å². The maximum atomic E-state index is 12.8. The number of nitrogens with one attached hydrogen (secondary N) is 1. The molecule has 2 aromatic rings. The SMILES string of the molecule is CCOc1ccc(S(=O)(=O)N2CC[NH+](Cn3ccn(C)c3=S)CC2)cc1. The first-order valence-corrected chi connectivity index (χ1v) is 10.5. The van der Waals surface area contributed by atoms with Crippen molar-refractivity contribution in [3.8, 4) is 5.75 Å². The Morgan fingerprint density at radius 3 is 2.35 bits per heavy atom. The van der Waals surface area contributed by atoms with Crippen LogP contribution in [0.5, 0.6) is 5.75 Å². The summed E-state index contributed by atoms with van der Waals surface area (Å²) in [6.45, 7) is 5.74. The van der Waals surface area contributed by atoms with Crippen LogP contribution in [0.1, 0.15) is 6.92 Å². The van der Waals surface area contributed by atoms with Crippen molar-refractivity contribution in [2.45, 2.75) is 18.5 Å². The number of piperazine rings is 1. The van der Waals surface area contributed by atoms with Crippen molar-refractivity contribution in [2.75, 3.05) is 32.8 Å². The van der Waals surface area contributed by atoms with E-state index in [1.165, 1.54) is 4.90 Å². The minimum atomic E-state index is -3.46. The molecule has 1 aliphatic rings. The van der Waals surface area contributed by atoms with E-state index in [0.29, 0.717) is 30.3 Å². The molecule has 2 heterocycles. The molecule has 1 fully saturated rings. The minimum absolute atomic E-state index is 0.315. The van der Waals surface area contributed by atoms with Crippen molar-refractivity contribution in [3.63, 3.8) is 0 Å². The van der Waals surface area contributed by atoms with Gasteiger partial charge in [-0.15, -0.1) is 0 Å². The fraction of sp³-hybridized carbons (Fsp3) is 0.471. The quantitative estimate of drug-likeness (QED) is 0.722. The highest BCUT2D eigenvalue weighted by Crippen LogP contribution is 2.19. The molecule has 1 aliphatic heterocycles. The van der Waals surface area contributed by atoms with E-state index in [-0.39, 0.29) is 0 Å². The summed E-state index contributed by atoms with van der Waals surface area (Å²) in [5.74, 6) is 0.681. The maximum absolute atomic E-state index is 12.8. The van der Waals surface area contributed by atoms with Crippen LogP contribution >= 0.6 is 12.2 Å². The lowest BCUT2D eigenvalue weighted by Crippen LogP contribution is -3.14. The molecule has 1 saturated heterocycles. The van der Waals surface area contributed by atoms with Crippen LogP contribution in [0, 0.1) is 4.77 Å². The molecule has 3 rings (SSSR count). The molecule has 0 unspecified atom stereocenters. The lowest BCUT2D eigenvalue weighted by Gasteiger charge is -2.31. The molecular formula is C17H25N4O3S2+. The molecule has 1 N–H and O–H groups in total. The van der Waals surface area contributed by atoms with Gasteiger partial charge < -0.3 is 14.2 Å². The largest absolute Gasteiger partial charge is 0.494 e. The summed E-state index contributed by atoms with van der Waals surface area (Å²) in [7, 11) is -1.54. The number of ether oxygens (including phenoxy) is 1. The predicted molar refractivity (Wildman–Crippen MR) is 101 cm³/mol. The average Bonchev–Trinajstić information content (AvgIpc) is 2.95. The van der Waals surface area contributed by atoms with Gasteiger partial charge in [-0.25, -0.2) is 8.42 Å². The lowest BCUT2D eigenvalue weighted by molar-refractivity contribution is -0.926. The number of benzene rings is 1. The third-order valence-corrected chi connectivity index (χ3v) is 7.05. The normalized spacial score (nSPS) is 16.7. The van der Waals surface area contributed by atoms with Gasteiger partial charge in [0, 0.05) is 19.4 Å². The standard InChI is InChI=1S/C17H24N4O3S2/c1-3-24-15-4-6-16(7-5-15)26(22,23)21-12-9-19(10-13-21)14-20-11-8-18(2)17(20)25/h4-8,11H,3,9-10,12-14H2,1-2H3/p+1. The Balaban J connectivity index is 1.63. The Morgan fingerprint density at radius 2 is 1.81 bits per heavy atom. The van der Waals surface area contributed by atoms with Crippen LogP contribution in [-0.2, 0) is 23.7 Å². The molecule has 0 amide bonds. The molecule has 0 spiro atoms. The van der Waals surface area contributed by atoms with Crippen molar-refractivity contribution in [1.29, 1.82) is 0 Å². The van der Waals surface area contributed by atoms with E-state index in [1.54, 1.807) is 28.6 Å². The van der Waals surface area contributed by atoms with Crippen molar-refractivity contribution in [3.05, 3.63) is 41.4 Å². The van der Waals surface area contributed by atoms with Gasteiger partial charge in [-0.3, -0.25) is 4.57 Å². The highest BCUT2D eigenvalue weighted by molar-refractivity contribution is 7.89. The molecule has 0 aliphatic carbocycles. The number of rotatable bonds is 6. The summed E-state index contributed by atoms with van der Waals surface area (Å²) < 4.78 is 37.3. The molecule has 0 saturated carbocycles. The van der Waals surface area contributed by atoms with Gasteiger partial charge in [0.2, 0.25) is 10.0 Å². The number of imidazole rings is 1. The van der Waals surface area contributed by atoms with Crippen LogP contribution in [0.4, 0.5) is 0 Å². The van der Waals surface area contributed by atoms with Gasteiger partial charge in [-0.2, -0.15) is 4.31 Å². The van der Waals surface area contributed by atoms with E-state index in [0.717, 1.165) is 24.5 Å². The van der Waals surface area contributed by atoms with E-state index in [9.17, 15) is 8.42 Å². The number of quaternary nitrogens is 1. The molecule has 7 nitrogen and oxygen atoms in total. The van der Waals surface area contributed by atoms with Crippen molar-refractivity contribution >= 4 is 22.2 Å². The number of nitrogens with zero attached hydrogens (tertiary/aromatic N) is 3. The first-order valence-electron chi connectivity index (χ1n) is 8.70. The zero-order chi connectivity index (χ0) is 18.7. The molecule has 1 aromatic carbocycles. The summed E-state index contributed by atoms with van der Waals surface area (Å²) in [4.78, 5) is 1.64. The topological polar surface area (TPSA) is 60.9 Å². The fourth-order valence-corrected chi connectivity index (χ4v) is 4.72. The summed E-state index contributed by atoms with van der Waals surface area (Å²) in [6.07, 6.45) is 3.91. The van der Waals surface area contributed by atoms with Gasteiger partial charge in [-0.1, -0.05) is 0 Å². The third-order valence-electron chi connectivity index (χ3n) is 4.61. The Kier molecular flexibility index (Phi) is 5.81. The van der Waals surface area contributed by atoms with E-state index in [4.69, 9.17) is 17.0 Å². The van der Waals surface area contributed by atoms with Crippen LogP contribution in [0.2, 0.25) is 0 Å². The zero-order valence-corrected chi connectivity index (χ0v) is 16.7. The summed E-state index contributed by atoms with van der Waals surface area (Å²) in [5, 5.41) is 0. The summed E-state index contributed by atoms with van der Waals surface area (Å²) >= 11 is 5.37. The number of aromatic nitrogens is 2. The van der Waals surface area contributed by atoms with Crippen molar-refractivity contribution < 1.29 is 18.1 Å². The molecule has 1 aromatic heterocycles. The molecular weight excluding hydrogens is 372 g/mol. The van der Waals surface area contributed by atoms with Crippen LogP contribution < -0.4 is 9.64 Å². The lowest BCUT2D eigenvalue weighted by atomic mass is 10.3. The molecule has 0 radical (unpaired) electrons. The Hall–Kier alpha value is -1.68. The first kappa shape index (κ1) is 19.1. The van der Waals surface area contributed by atoms with Crippen LogP contribution in [0.3, 0.4) is 0 Å². The molecule has 9 heteroatoms. The fourth-order valence-electron chi connectivity index (χ4n) is 3.10. The summed E-state index contributed by atoms with van der Waals surface area (Å²) in [5.41, 5.74) is 0. The smallest absolute Gasteiger partial charge is 0.243 e. The van der Waals surface area contributed by atoms with Gasteiger partial charge in [0.25, 0.3) is 0 Å². The van der Waals surface area contributed by atoms with E-state index in [1.807, 2.05) is 35.5 Å². The number of hydrogen-bond donors (Lipinski definition) is 1. The van der Waals surface area contributed by atoms with Crippen molar-refractivity contribution in [2.24, 2.45) is 7.05 Å². The van der Waals surface area contributed by atoms with Crippen molar-refractivity contribution in [1.82, 2.24) is 13.4 Å². The van der Waals surface area contributed by atoms with Gasteiger partial charge in [0.1, 0.15) is 5.75 Å². The van der Waals surface area contributed by atoms with Crippen LogP contribution in [-0.4, -0.2) is 54.6 Å². The van der Waals surface area contributed by atoms with Gasteiger partial charge in [0.05, 0.1) is 37.7 Å². The average molecular weight is 398 g/mol. The Morgan fingerprint density at radius 1 is 1.15 bits per heavy atom. The van der Waals surface area contributed by atoms with Crippen LogP contribution in [0.25, 0.3) is 0 Å². The first-order chi connectivity index (χ1) is 12.4. The van der Waals surface area contributed by atoms with E-state index < -0.39 is 10.0 Å². The van der Waals surface area contributed by atoms with Gasteiger partial charge >= 0.3 is 0 Å². The molecule has 142 valence electrons.